The van der Waals surface area contributed by atoms with Gasteiger partial charge in [0.05, 0.1) is 25.3 Å². The molecule has 0 aliphatic heterocycles. The lowest BCUT2D eigenvalue weighted by atomic mass is 10.1. The molecule has 2 aromatic carbocycles. The summed E-state index contributed by atoms with van der Waals surface area (Å²) < 4.78 is 21.0. The van der Waals surface area contributed by atoms with Gasteiger partial charge in [0.25, 0.3) is 0 Å². The molecule has 3 rings (SSSR count). The Hall–Kier alpha value is -2.80. The van der Waals surface area contributed by atoms with Crippen molar-refractivity contribution < 1.29 is 9.13 Å². The van der Waals surface area contributed by atoms with Gasteiger partial charge in [0.15, 0.2) is 0 Å². The number of hydrogen-bond donors (Lipinski definition) is 0. The zero-order valence-corrected chi connectivity index (χ0v) is 11.5. The Labute approximate surface area is 121 Å². The number of benzene rings is 2. The van der Waals surface area contributed by atoms with Crippen molar-refractivity contribution in [2.24, 2.45) is 0 Å². The van der Waals surface area contributed by atoms with E-state index in [2.05, 4.69) is 6.07 Å². The summed E-state index contributed by atoms with van der Waals surface area (Å²) in [4.78, 5) is 0. The molecule has 0 saturated heterocycles. The van der Waals surface area contributed by atoms with Gasteiger partial charge < -0.3 is 9.30 Å². The highest BCUT2D eigenvalue weighted by atomic mass is 19.1. The molecule has 0 fully saturated rings. The summed E-state index contributed by atoms with van der Waals surface area (Å²) in [6.45, 7) is 0.411. The summed E-state index contributed by atoms with van der Waals surface area (Å²) >= 11 is 0. The van der Waals surface area contributed by atoms with Crippen LogP contribution < -0.4 is 4.74 Å². The molecule has 0 saturated carbocycles. The lowest BCUT2D eigenvalue weighted by Crippen LogP contribution is -2.01. The van der Waals surface area contributed by atoms with Gasteiger partial charge in [-0.3, -0.25) is 0 Å². The van der Waals surface area contributed by atoms with E-state index in [1.165, 1.54) is 13.2 Å². The standard InChI is InChI=1S/C17H13FN2O/c1-21-14-6-5-13(16(18)9-14)11-20-8-7-15-12(10-19)3-2-4-17(15)20/h2-9H,11H2,1H3. The van der Waals surface area contributed by atoms with Crippen molar-refractivity contribution in [1.29, 1.82) is 5.26 Å². The van der Waals surface area contributed by atoms with Crippen LogP contribution >= 0.6 is 0 Å². The maximum Gasteiger partial charge on any atom is 0.131 e. The topological polar surface area (TPSA) is 38.0 Å². The van der Waals surface area contributed by atoms with E-state index in [-0.39, 0.29) is 5.82 Å². The van der Waals surface area contributed by atoms with E-state index < -0.39 is 0 Å². The molecule has 0 atom stereocenters. The van der Waals surface area contributed by atoms with Gasteiger partial charge in [0, 0.05) is 28.7 Å². The second kappa shape index (κ2) is 5.29. The third kappa shape index (κ3) is 2.34. The van der Waals surface area contributed by atoms with Crippen molar-refractivity contribution in [2.75, 3.05) is 7.11 Å². The first kappa shape index (κ1) is 13.2. The molecule has 0 N–H and O–H groups in total. The third-order valence-corrected chi connectivity index (χ3v) is 3.54. The lowest BCUT2D eigenvalue weighted by molar-refractivity contribution is 0.410. The molecule has 3 nitrogen and oxygen atoms in total. The summed E-state index contributed by atoms with van der Waals surface area (Å²) in [6.07, 6.45) is 1.87. The lowest BCUT2D eigenvalue weighted by Gasteiger charge is -2.08. The maximum absolute atomic E-state index is 14.0. The van der Waals surface area contributed by atoms with Crippen LogP contribution in [-0.4, -0.2) is 11.7 Å². The molecule has 3 aromatic rings. The quantitative estimate of drug-likeness (QED) is 0.733. The molecular formula is C17H13FN2O. The van der Waals surface area contributed by atoms with Gasteiger partial charge in [-0.2, -0.15) is 5.26 Å². The zero-order valence-electron chi connectivity index (χ0n) is 11.5. The molecule has 104 valence electrons. The minimum absolute atomic E-state index is 0.298. The molecule has 0 spiro atoms. The monoisotopic (exact) mass is 280 g/mol. The second-order valence-corrected chi connectivity index (χ2v) is 4.75. The number of halogens is 1. The summed E-state index contributed by atoms with van der Waals surface area (Å²) in [5.74, 6) is 0.202. The molecule has 0 unspecified atom stereocenters. The average molecular weight is 280 g/mol. The highest BCUT2D eigenvalue weighted by molar-refractivity contribution is 5.86. The van der Waals surface area contributed by atoms with Crippen molar-refractivity contribution in [3.63, 3.8) is 0 Å². The largest absolute Gasteiger partial charge is 0.497 e. The van der Waals surface area contributed by atoms with Crippen molar-refractivity contribution in [2.45, 2.75) is 6.54 Å². The van der Waals surface area contributed by atoms with E-state index in [0.29, 0.717) is 23.4 Å². The van der Waals surface area contributed by atoms with Gasteiger partial charge in [-0.05, 0) is 24.3 Å². The molecule has 1 aromatic heterocycles. The number of nitrogens with zero attached hydrogens (tertiary/aromatic N) is 2. The molecule has 4 heteroatoms. The molecule has 0 bridgehead atoms. The Bertz CT molecular complexity index is 846. The van der Waals surface area contributed by atoms with E-state index in [0.717, 1.165) is 10.9 Å². The second-order valence-electron chi connectivity index (χ2n) is 4.75. The fourth-order valence-electron chi connectivity index (χ4n) is 2.43. The van der Waals surface area contributed by atoms with Crippen LogP contribution in [0, 0.1) is 17.1 Å². The summed E-state index contributed by atoms with van der Waals surface area (Å²) in [6, 6.07) is 14.4. The molecule has 21 heavy (non-hydrogen) atoms. The smallest absolute Gasteiger partial charge is 0.131 e. The van der Waals surface area contributed by atoms with E-state index in [1.807, 2.05) is 29.0 Å². The van der Waals surface area contributed by atoms with E-state index in [4.69, 9.17) is 10.00 Å². The number of methoxy groups -OCH3 is 1. The first-order chi connectivity index (χ1) is 10.2. The minimum atomic E-state index is -0.298. The van der Waals surface area contributed by atoms with E-state index in [1.54, 1.807) is 18.2 Å². The number of hydrogen-bond acceptors (Lipinski definition) is 2. The predicted molar refractivity (Wildman–Crippen MR) is 78.7 cm³/mol. The van der Waals surface area contributed by atoms with Gasteiger partial charge in [-0.1, -0.05) is 12.1 Å². The van der Waals surface area contributed by atoms with Crippen LogP contribution in [0.3, 0.4) is 0 Å². The number of fused-ring (bicyclic) bond motifs is 1. The van der Waals surface area contributed by atoms with Crippen LogP contribution in [0.5, 0.6) is 5.75 Å². The molecule has 0 aliphatic carbocycles. The number of rotatable bonds is 3. The van der Waals surface area contributed by atoms with Crippen molar-refractivity contribution in [3.8, 4) is 11.8 Å². The fourth-order valence-corrected chi connectivity index (χ4v) is 2.43. The first-order valence-corrected chi connectivity index (χ1v) is 6.53. The summed E-state index contributed by atoms with van der Waals surface area (Å²) in [5, 5.41) is 9.99. The summed E-state index contributed by atoms with van der Waals surface area (Å²) in [7, 11) is 1.51. The van der Waals surface area contributed by atoms with Gasteiger partial charge in [0.2, 0.25) is 0 Å². The normalized spacial score (nSPS) is 10.5. The number of aromatic nitrogens is 1. The number of nitriles is 1. The van der Waals surface area contributed by atoms with E-state index in [9.17, 15) is 4.39 Å². The Morgan fingerprint density at radius 2 is 2.10 bits per heavy atom. The average Bonchev–Trinajstić information content (AvgIpc) is 2.92. The molecule has 0 radical (unpaired) electrons. The van der Waals surface area contributed by atoms with Crippen LogP contribution in [0.25, 0.3) is 10.9 Å². The van der Waals surface area contributed by atoms with Crippen molar-refractivity contribution in [1.82, 2.24) is 4.57 Å². The Morgan fingerprint density at radius 1 is 1.24 bits per heavy atom. The molecule has 0 aliphatic rings. The Balaban J connectivity index is 2.01. The van der Waals surface area contributed by atoms with Gasteiger partial charge in [-0.25, -0.2) is 4.39 Å². The molecular weight excluding hydrogens is 267 g/mol. The van der Waals surface area contributed by atoms with Gasteiger partial charge in [0.1, 0.15) is 11.6 Å². The van der Waals surface area contributed by atoms with Crippen molar-refractivity contribution >= 4 is 10.9 Å². The highest BCUT2D eigenvalue weighted by Crippen LogP contribution is 2.22. The zero-order chi connectivity index (χ0) is 14.8. The third-order valence-electron chi connectivity index (χ3n) is 3.54. The maximum atomic E-state index is 14.0. The predicted octanol–water partition coefficient (Wildman–Crippen LogP) is 3.71. The Morgan fingerprint density at radius 3 is 2.81 bits per heavy atom. The van der Waals surface area contributed by atoms with Crippen LogP contribution in [0.1, 0.15) is 11.1 Å². The van der Waals surface area contributed by atoms with Crippen LogP contribution in [0.4, 0.5) is 4.39 Å². The molecule has 1 heterocycles. The van der Waals surface area contributed by atoms with Crippen LogP contribution in [-0.2, 0) is 6.54 Å². The van der Waals surface area contributed by atoms with Crippen LogP contribution in [0.2, 0.25) is 0 Å². The number of ether oxygens (including phenoxy) is 1. The minimum Gasteiger partial charge on any atom is -0.497 e. The summed E-state index contributed by atoms with van der Waals surface area (Å²) in [5.41, 5.74) is 2.13. The van der Waals surface area contributed by atoms with Gasteiger partial charge in [-0.15, -0.1) is 0 Å². The fraction of sp³-hybridized carbons (Fsp3) is 0.118. The SMILES string of the molecule is COc1ccc(Cn2ccc3c(C#N)cccc32)c(F)c1. The van der Waals surface area contributed by atoms with Crippen LogP contribution in [0.15, 0.2) is 48.7 Å². The highest BCUT2D eigenvalue weighted by Gasteiger charge is 2.08. The Kier molecular flexibility index (Phi) is 3.33. The molecule has 0 amide bonds. The van der Waals surface area contributed by atoms with Crippen molar-refractivity contribution in [3.05, 3.63) is 65.6 Å². The van der Waals surface area contributed by atoms with Gasteiger partial charge >= 0.3 is 0 Å². The first-order valence-electron chi connectivity index (χ1n) is 6.53. The van der Waals surface area contributed by atoms with E-state index >= 15 is 0 Å².